The van der Waals surface area contributed by atoms with Crippen LogP contribution in [0.5, 0.6) is 5.75 Å². The molecule has 2 aromatic rings. The molecule has 4 rings (SSSR count). The Hall–Kier alpha value is -2.90. The van der Waals surface area contributed by atoms with Crippen molar-refractivity contribution in [3.05, 3.63) is 46.3 Å². The fourth-order valence-electron chi connectivity index (χ4n) is 4.17. The molecule has 0 saturated carbocycles. The summed E-state index contributed by atoms with van der Waals surface area (Å²) in [6.45, 7) is 5.20. The number of aromatic nitrogens is 3. The molecule has 2 atom stereocenters. The Balaban J connectivity index is 1.49. The monoisotopic (exact) mass is 369 g/mol. The molecule has 2 aliphatic rings. The molecule has 2 aliphatic heterocycles. The highest BCUT2D eigenvalue weighted by atomic mass is 16.5. The summed E-state index contributed by atoms with van der Waals surface area (Å²) in [5, 5.41) is 0. The van der Waals surface area contributed by atoms with Gasteiger partial charge in [0.05, 0.1) is 12.7 Å². The molecule has 2 aromatic heterocycles. The molecule has 0 radical (unpaired) electrons. The van der Waals surface area contributed by atoms with Crippen molar-refractivity contribution in [2.45, 2.75) is 6.92 Å². The molecule has 142 valence electrons. The van der Waals surface area contributed by atoms with Crippen LogP contribution in [-0.2, 0) is 7.05 Å². The lowest BCUT2D eigenvalue weighted by atomic mass is 10.0. The second-order valence-electron chi connectivity index (χ2n) is 7.37. The van der Waals surface area contributed by atoms with Gasteiger partial charge in [0.2, 0.25) is 0 Å². The molecule has 2 unspecified atom stereocenters. The van der Waals surface area contributed by atoms with Gasteiger partial charge in [-0.05, 0) is 6.92 Å². The summed E-state index contributed by atoms with van der Waals surface area (Å²) in [6, 6.07) is 1.36. The molecule has 2 fully saturated rings. The van der Waals surface area contributed by atoms with Gasteiger partial charge < -0.3 is 19.1 Å². The first kappa shape index (κ1) is 17.5. The maximum Gasteiger partial charge on any atom is 0.259 e. The van der Waals surface area contributed by atoms with Crippen LogP contribution in [0.1, 0.15) is 15.9 Å². The average molecular weight is 369 g/mol. The number of likely N-dealkylation sites (tertiary alicyclic amines) is 1. The molecule has 0 bridgehead atoms. The van der Waals surface area contributed by atoms with Gasteiger partial charge in [-0.1, -0.05) is 0 Å². The number of aryl methyl sites for hydroxylation is 2. The first-order chi connectivity index (χ1) is 13.0. The maximum atomic E-state index is 13.0. The number of pyridine rings is 1. The number of hydrogen-bond donors (Lipinski definition) is 0. The molecular weight excluding hydrogens is 346 g/mol. The molecule has 0 aliphatic carbocycles. The van der Waals surface area contributed by atoms with Crippen LogP contribution in [0.3, 0.4) is 0 Å². The van der Waals surface area contributed by atoms with E-state index in [1.54, 1.807) is 19.6 Å². The number of carbonyl (C=O) groups is 1. The van der Waals surface area contributed by atoms with Gasteiger partial charge in [-0.25, -0.2) is 9.97 Å². The molecule has 8 nitrogen and oxygen atoms in total. The van der Waals surface area contributed by atoms with E-state index in [9.17, 15) is 9.59 Å². The van der Waals surface area contributed by atoms with E-state index in [4.69, 9.17) is 4.74 Å². The predicted molar refractivity (Wildman–Crippen MR) is 100 cm³/mol. The summed E-state index contributed by atoms with van der Waals surface area (Å²) < 4.78 is 6.67. The zero-order valence-electron chi connectivity index (χ0n) is 15.8. The highest BCUT2D eigenvalue weighted by Gasteiger charge is 2.42. The first-order valence-electron chi connectivity index (χ1n) is 9.03. The first-order valence-corrected chi connectivity index (χ1v) is 9.03. The average Bonchev–Trinajstić information content (AvgIpc) is 3.22. The van der Waals surface area contributed by atoms with Crippen LogP contribution < -0.4 is 15.2 Å². The number of hydrogen-bond acceptors (Lipinski definition) is 6. The van der Waals surface area contributed by atoms with Crippen LogP contribution in [0.25, 0.3) is 0 Å². The zero-order valence-corrected chi connectivity index (χ0v) is 15.8. The minimum absolute atomic E-state index is 0.0818. The van der Waals surface area contributed by atoms with Gasteiger partial charge in [0.15, 0.2) is 0 Å². The fraction of sp³-hybridized carbons (Fsp3) is 0.474. The predicted octanol–water partition coefficient (Wildman–Crippen LogP) is 0.701. The Labute approximate surface area is 157 Å². The maximum absolute atomic E-state index is 13.0. The third-order valence-electron chi connectivity index (χ3n) is 5.58. The number of rotatable bonds is 3. The summed E-state index contributed by atoms with van der Waals surface area (Å²) in [5.74, 6) is 2.07. The minimum Gasteiger partial charge on any atom is -0.496 e. The highest BCUT2D eigenvalue weighted by molar-refractivity contribution is 5.96. The topological polar surface area (TPSA) is 80.6 Å². The summed E-state index contributed by atoms with van der Waals surface area (Å²) in [4.78, 5) is 37.5. The Kier molecular flexibility index (Phi) is 4.33. The fourth-order valence-corrected chi connectivity index (χ4v) is 4.17. The van der Waals surface area contributed by atoms with Crippen molar-refractivity contribution >= 4 is 11.7 Å². The molecular formula is C19H23N5O3. The molecule has 0 N–H and O–H groups in total. The number of anilines is 1. The second-order valence-corrected chi connectivity index (χ2v) is 7.37. The SMILES string of the molecule is COc1cc(=O)n(C)cc1C(=O)N1CC2CN(c3ncncc3C)CC2C1. The minimum atomic E-state index is -0.197. The Morgan fingerprint density at radius 3 is 2.56 bits per heavy atom. The van der Waals surface area contributed by atoms with Crippen molar-refractivity contribution in [1.82, 2.24) is 19.4 Å². The molecule has 2 saturated heterocycles. The number of amides is 1. The summed E-state index contributed by atoms with van der Waals surface area (Å²) in [6.07, 6.45) is 4.98. The van der Waals surface area contributed by atoms with Crippen LogP contribution >= 0.6 is 0 Å². The lowest BCUT2D eigenvalue weighted by molar-refractivity contribution is 0.0778. The van der Waals surface area contributed by atoms with E-state index >= 15 is 0 Å². The van der Waals surface area contributed by atoms with Crippen LogP contribution in [0, 0.1) is 18.8 Å². The van der Waals surface area contributed by atoms with E-state index in [1.165, 1.54) is 17.7 Å². The molecule has 0 spiro atoms. The Morgan fingerprint density at radius 1 is 1.22 bits per heavy atom. The van der Waals surface area contributed by atoms with E-state index < -0.39 is 0 Å². The van der Waals surface area contributed by atoms with E-state index in [1.807, 2.05) is 18.0 Å². The summed E-state index contributed by atoms with van der Waals surface area (Å²) in [5.41, 5.74) is 1.31. The van der Waals surface area contributed by atoms with E-state index in [0.717, 1.165) is 24.5 Å². The molecule has 4 heterocycles. The van der Waals surface area contributed by atoms with Gasteiger partial charge in [0, 0.05) is 69.1 Å². The highest BCUT2D eigenvalue weighted by Crippen LogP contribution is 2.35. The largest absolute Gasteiger partial charge is 0.496 e. The summed E-state index contributed by atoms with van der Waals surface area (Å²) >= 11 is 0. The number of methoxy groups -OCH3 is 1. The van der Waals surface area contributed by atoms with Gasteiger partial charge in [0.1, 0.15) is 17.9 Å². The number of ether oxygens (including phenoxy) is 1. The van der Waals surface area contributed by atoms with Gasteiger partial charge >= 0.3 is 0 Å². The lowest BCUT2D eigenvalue weighted by Crippen LogP contribution is -2.34. The molecule has 27 heavy (non-hydrogen) atoms. The molecule has 8 heteroatoms. The normalized spacial score (nSPS) is 21.4. The van der Waals surface area contributed by atoms with E-state index in [-0.39, 0.29) is 11.5 Å². The number of nitrogens with zero attached hydrogens (tertiary/aromatic N) is 5. The van der Waals surface area contributed by atoms with Crippen molar-refractivity contribution in [1.29, 1.82) is 0 Å². The standard InChI is InChI=1S/C19H23N5O3/c1-12-5-20-11-21-18(12)23-6-13-8-24(9-14(13)7-23)19(26)15-10-22(2)17(25)4-16(15)27-3/h4-5,10-11,13-14H,6-9H2,1-3H3. The van der Waals surface area contributed by atoms with E-state index in [2.05, 4.69) is 14.9 Å². The quantitative estimate of drug-likeness (QED) is 0.792. The van der Waals surface area contributed by atoms with Crippen LogP contribution in [0.4, 0.5) is 5.82 Å². The Bertz CT molecular complexity index is 927. The van der Waals surface area contributed by atoms with Crippen molar-refractivity contribution in [2.75, 3.05) is 38.2 Å². The third-order valence-corrected chi connectivity index (χ3v) is 5.58. The second kappa shape index (κ2) is 6.68. The van der Waals surface area contributed by atoms with Crippen LogP contribution in [0.15, 0.2) is 29.6 Å². The molecule has 0 aromatic carbocycles. The Morgan fingerprint density at radius 2 is 1.93 bits per heavy atom. The van der Waals surface area contributed by atoms with Crippen LogP contribution in [0.2, 0.25) is 0 Å². The zero-order chi connectivity index (χ0) is 19.1. The van der Waals surface area contributed by atoms with Crippen molar-refractivity contribution in [3.63, 3.8) is 0 Å². The smallest absolute Gasteiger partial charge is 0.259 e. The van der Waals surface area contributed by atoms with Crippen LogP contribution in [-0.4, -0.2) is 58.6 Å². The number of carbonyl (C=O) groups excluding carboxylic acids is 1. The van der Waals surface area contributed by atoms with Crippen molar-refractivity contribution in [3.8, 4) is 5.75 Å². The van der Waals surface area contributed by atoms with Gasteiger partial charge in [-0.3, -0.25) is 9.59 Å². The van der Waals surface area contributed by atoms with Crippen molar-refractivity contribution < 1.29 is 9.53 Å². The number of fused-ring (bicyclic) bond motifs is 1. The van der Waals surface area contributed by atoms with Crippen molar-refractivity contribution in [2.24, 2.45) is 18.9 Å². The summed E-state index contributed by atoms with van der Waals surface area (Å²) in [7, 11) is 3.12. The third kappa shape index (κ3) is 3.05. The van der Waals surface area contributed by atoms with E-state index in [0.29, 0.717) is 36.2 Å². The lowest BCUT2D eigenvalue weighted by Gasteiger charge is -2.24. The van der Waals surface area contributed by atoms with Gasteiger partial charge in [-0.2, -0.15) is 0 Å². The molecule has 1 amide bonds. The van der Waals surface area contributed by atoms with Gasteiger partial charge in [-0.15, -0.1) is 0 Å². The van der Waals surface area contributed by atoms with Gasteiger partial charge in [0.25, 0.3) is 11.5 Å².